The number of carbonyl (C=O) groups excluding carboxylic acids is 1. The number of hydrogen-bond acceptors (Lipinski definition) is 4. The maximum absolute atomic E-state index is 12.6. The highest BCUT2D eigenvalue weighted by atomic mass is 16.3. The summed E-state index contributed by atoms with van der Waals surface area (Å²) < 4.78 is 0. The maximum atomic E-state index is 12.6. The van der Waals surface area contributed by atoms with Gasteiger partial charge >= 0.3 is 0 Å². The second kappa shape index (κ2) is 9.78. The standard InChI is InChI=1S/C25H28O4/c1-16(2)5-9-19-13-18(7-11-22(19)26)8-12-23(27)21-14-20(10-6-17(3)4)24(28)15-25(21)29/h5-8,11-15,26,28-29H,9-10H2,1-4H3/b12-8+. The molecule has 0 radical (unpaired) electrons. The number of rotatable bonds is 7. The summed E-state index contributed by atoms with van der Waals surface area (Å²) in [6, 6.07) is 7.88. The Labute approximate surface area is 172 Å². The molecule has 29 heavy (non-hydrogen) atoms. The van der Waals surface area contributed by atoms with Crippen molar-refractivity contribution < 1.29 is 20.1 Å². The molecule has 0 saturated heterocycles. The predicted molar refractivity (Wildman–Crippen MR) is 118 cm³/mol. The quantitative estimate of drug-likeness (QED) is 0.320. The molecule has 0 heterocycles. The summed E-state index contributed by atoms with van der Waals surface area (Å²) in [6.45, 7) is 7.90. The van der Waals surface area contributed by atoms with Gasteiger partial charge < -0.3 is 15.3 Å². The molecule has 0 aliphatic carbocycles. The molecule has 152 valence electrons. The first-order chi connectivity index (χ1) is 13.7. The number of benzene rings is 2. The number of aromatic hydroxyl groups is 3. The lowest BCUT2D eigenvalue weighted by molar-refractivity contribution is 0.104. The number of allylic oxidation sites excluding steroid dienone is 5. The van der Waals surface area contributed by atoms with Crippen molar-refractivity contribution in [2.45, 2.75) is 40.5 Å². The van der Waals surface area contributed by atoms with E-state index in [9.17, 15) is 20.1 Å². The van der Waals surface area contributed by atoms with Crippen LogP contribution in [0.5, 0.6) is 17.2 Å². The van der Waals surface area contributed by atoms with Crippen molar-refractivity contribution in [3.05, 3.63) is 82.0 Å². The Morgan fingerprint density at radius 2 is 1.38 bits per heavy atom. The maximum Gasteiger partial charge on any atom is 0.189 e. The Balaban J connectivity index is 2.27. The van der Waals surface area contributed by atoms with Crippen LogP contribution in [-0.4, -0.2) is 21.1 Å². The van der Waals surface area contributed by atoms with Gasteiger partial charge in [0.25, 0.3) is 0 Å². The van der Waals surface area contributed by atoms with Gasteiger partial charge in [-0.15, -0.1) is 0 Å². The van der Waals surface area contributed by atoms with Crippen molar-refractivity contribution in [2.24, 2.45) is 0 Å². The van der Waals surface area contributed by atoms with Gasteiger partial charge in [0.1, 0.15) is 17.2 Å². The number of phenolic OH excluding ortho intramolecular Hbond substituents is 3. The van der Waals surface area contributed by atoms with Crippen LogP contribution < -0.4 is 0 Å². The Kier molecular flexibility index (Phi) is 7.43. The fourth-order valence-electron chi connectivity index (χ4n) is 2.75. The SMILES string of the molecule is CC(C)=CCc1cc(/C=C/C(=O)c2cc(CC=C(C)C)c(O)cc2O)ccc1O. The minimum Gasteiger partial charge on any atom is -0.508 e. The summed E-state index contributed by atoms with van der Waals surface area (Å²) >= 11 is 0. The van der Waals surface area contributed by atoms with Gasteiger partial charge in [-0.3, -0.25) is 4.79 Å². The molecule has 3 N–H and O–H groups in total. The van der Waals surface area contributed by atoms with Gasteiger partial charge in [-0.25, -0.2) is 0 Å². The third kappa shape index (κ3) is 6.39. The number of phenols is 3. The van der Waals surface area contributed by atoms with E-state index in [0.29, 0.717) is 18.4 Å². The molecule has 0 aliphatic heterocycles. The predicted octanol–water partition coefficient (Wildman–Crippen LogP) is 5.72. The molecule has 0 unspecified atom stereocenters. The van der Waals surface area contributed by atoms with Crippen LogP contribution in [0.2, 0.25) is 0 Å². The van der Waals surface area contributed by atoms with E-state index >= 15 is 0 Å². The highest BCUT2D eigenvalue weighted by molar-refractivity contribution is 6.08. The van der Waals surface area contributed by atoms with Crippen LogP contribution >= 0.6 is 0 Å². The van der Waals surface area contributed by atoms with Gasteiger partial charge in [0, 0.05) is 6.07 Å². The van der Waals surface area contributed by atoms with Crippen LogP contribution in [0.3, 0.4) is 0 Å². The van der Waals surface area contributed by atoms with Crippen molar-refractivity contribution in [2.75, 3.05) is 0 Å². The fraction of sp³-hybridized carbons (Fsp3) is 0.240. The lowest BCUT2D eigenvalue weighted by Crippen LogP contribution is -1.97. The molecule has 0 aliphatic rings. The average molecular weight is 392 g/mol. The first-order valence-corrected chi connectivity index (χ1v) is 9.53. The van der Waals surface area contributed by atoms with Crippen LogP contribution in [0.15, 0.2) is 59.7 Å². The van der Waals surface area contributed by atoms with E-state index in [2.05, 4.69) is 0 Å². The topological polar surface area (TPSA) is 77.8 Å². The van der Waals surface area contributed by atoms with E-state index < -0.39 is 0 Å². The zero-order valence-electron chi connectivity index (χ0n) is 17.4. The molecule has 0 bridgehead atoms. The van der Waals surface area contributed by atoms with E-state index in [1.807, 2.05) is 45.9 Å². The third-order valence-corrected chi connectivity index (χ3v) is 4.45. The van der Waals surface area contributed by atoms with Crippen molar-refractivity contribution in [1.29, 1.82) is 0 Å². The van der Waals surface area contributed by atoms with E-state index in [1.54, 1.807) is 18.2 Å². The molecule has 0 atom stereocenters. The van der Waals surface area contributed by atoms with E-state index in [4.69, 9.17) is 0 Å². The van der Waals surface area contributed by atoms with Gasteiger partial charge in [-0.05, 0) is 81.5 Å². The molecule has 0 amide bonds. The normalized spacial score (nSPS) is 10.8. The lowest BCUT2D eigenvalue weighted by Gasteiger charge is -2.07. The fourth-order valence-corrected chi connectivity index (χ4v) is 2.75. The second-order valence-corrected chi connectivity index (χ2v) is 7.56. The molecular weight excluding hydrogens is 364 g/mol. The van der Waals surface area contributed by atoms with Gasteiger partial charge in [-0.1, -0.05) is 35.4 Å². The summed E-state index contributed by atoms with van der Waals surface area (Å²) in [6.07, 6.45) is 8.08. The molecule has 0 spiro atoms. The van der Waals surface area contributed by atoms with Gasteiger partial charge in [0.05, 0.1) is 5.56 Å². The molecular formula is C25H28O4. The molecule has 0 saturated carbocycles. The van der Waals surface area contributed by atoms with Crippen LogP contribution in [0.1, 0.15) is 54.7 Å². The number of hydrogen-bond donors (Lipinski definition) is 3. The van der Waals surface area contributed by atoms with Crippen LogP contribution in [-0.2, 0) is 12.8 Å². The Hall–Kier alpha value is -3.27. The van der Waals surface area contributed by atoms with Crippen LogP contribution in [0.4, 0.5) is 0 Å². The molecule has 0 fully saturated rings. The highest BCUT2D eigenvalue weighted by Crippen LogP contribution is 2.29. The zero-order chi connectivity index (χ0) is 21.6. The van der Waals surface area contributed by atoms with Crippen LogP contribution in [0.25, 0.3) is 6.08 Å². The van der Waals surface area contributed by atoms with E-state index in [-0.39, 0.29) is 28.6 Å². The van der Waals surface area contributed by atoms with Crippen LogP contribution in [0, 0.1) is 0 Å². The number of carbonyl (C=O) groups is 1. The minimum atomic E-state index is -0.361. The first-order valence-electron chi connectivity index (χ1n) is 9.53. The smallest absolute Gasteiger partial charge is 0.189 e. The largest absolute Gasteiger partial charge is 0.508 e. The van der Waals surface area contributed by atoms with Crippen molar-refractivity contribution in [3.8, 4) is 17.2 Å². The Bertz CT molecular complexity index is 986. The second-order valence-electron chi connectivity index (χ2n) is 7.56. The number of ketones is 1. The Morgan fingerprint density at radius 3 is 1.97 bits per heavy atom. The molecule has 2 rings (SSSR count). The summed E-state index contributed by atoms with van der Waals surface area (Å²) in [5.41, 5.74) is 4.52. The molecule has 0 aromatic heterocycles. The molecule has 2 aromatic rings. The van der Waals surface area contributed by atoms with Gasteiger partial charge in [-0.2, -0.15) is 0 Å². The van der Waals surface area contributed by atoms with Crippen molar-refractivity contribution in [1.82, 2.24) is 0 Å². The van der Waals surface area contributed by atoms with E-state index in [1.165, 1.54) is 18.2 Å². The summed E-state index contributed by atoms with van der Waals surface area (Å²) in [5.74, 6) is -0.443. The molecule has 2 aromatic carbocycles. The average Bonchev–Trinajstić information content (AvgIpc) is 2.65. The first kappa shape index (κ1) is 22.0. The lowest BCUT2D eigenvalue weighted by atomic mass is 10.0. The third-order valence-electron chi connectivity index (χ3n) is 4.45. The summed E-state index contributed by atoms with van der Waals surface area (Å²) in [5, 5.41) is 30.1. The summed E-state index contributed by atoms with van der Waals surface area (Å²) in [4.78, 5) is 12.6. The van der Waals surface area contributed by atoms with Crippen molar-refractivity contribution in [3.63, 3.8) is 0 Å². The zero-order valence-corrected chi connectivity index (χ0v) is 17.4. The monoisotopic (exact) mass is 392 g/mol. The molecule has 4 nitrogen and oxygen atoms in total. The molecule has 4 heteroatoms. The highest BCUT2D eigenvalue weighted by Gasteiger charge is 2.13. The summed E-state index contributed by atoms with van der Waals surface area (Å²) in [7, 11) is 0. The minimum absolute atomic E-state index is 0.0389. The van der Waals surface area contributed by atoms with E-state index in [0.717, 1.165) is 22.3 Å². The van der Waals surface area contributed by atoms with Crippen molar-refractivity contribution >= 4 is 11.9 Å². The van der Waals surface area contributed by atoms with Gasteiger partial charge in [0.15, 0.2) is 5.78 Å². The van der Waals surface area contributed by atoms with Gasteiger partial charge in [0.2, 0.25) is 0 Å². The Morgan fingerprint density at radius 1 is 0.793 bits per heavy atom.